The van der Waals surface area contributed by atoms with Crippen LogP contribution in [0.15, 0.2) is 16.6 Å². The van der Waals surface area contributed by atoms with Gasteiger partial charge in [0.05, 0.1) is 11.6 Å². The summed E-state index contributed by atoms with van der Waals surface area (Å²) < 4.78 is 6.49. The van der Waals surface area contributed by atoms with Crippen molar-refractivity contribution in [1.29, 1.82) is 0 Å². The molecule has 1 aromatic carbocycles. The molecule has 0 radical (unpaired) electrons. The first-order valence-electron chi connectivity index (χ1n) is 7.04. The van der Waals surface area contributed by atoms with Gasteiger partial charge in [0.15, 0.2) is 0 Å². The molecule has 1 aliphatic rings. The number of benzene rings is 1. The predicted octanol–water partition coefficient (Wildman–Crippen LogP) is 6.76. The molecule has 20 heavy (non-hydrogen) atoms. The largest absolute Gasteiger partial charge is 0.495 e. The Morgan fingerprint density at radius 1 is 1.35 bits per heavy atom. The molecule has 2 atom stereocenters. The van der Waals surface area contributed by atoms with Gasteiger partial charge in [0.1, 0.15) is 5.75 Å². The molecule has 0 heterocycles. The van der Waals surface area contributed by atoms with E-state index in [4.69, 9.17) is 16.3 Å². The summed E-state index contributed by atoms with van der Waals surface area (Å²) in [6.07, 6.45) is 5.17. The Morgan fingerprint density at radius 2 is 2.05 bits per heavy atom. The van der Waals surface area contributed by atoms with Crippen LogP contribution in [0.1, 0.15) is 49.9 Å². The Bertz CT molecular complexity index is 488. The Balaban J connectivity index is 2.39. The molecule has 2 unspecified atom stereocenters. The van der Waals surface area contributed by atoms with E-state index >= 15 is 0 Å². The summed E-state index contributed by atoms with van der Waals surface area (Å²) >= 11 is 13.7. The van der Waals surface area contributed by atoms with Crippen LogP contribution in [0.2, 0.25) is 5.02 Å². The lowest BCUT2D eigenvalue weighted by atomic mass is 9.66. The summed E-state index contributed by atoms with van der Waals surface area (Å²) in [6, 6.07) is 3.91. The van der Waals surface area contributed by atoms with Crippen LogP contribution in [0.25, 0.3) is 0 Å². The summed E-state index contributed by atoms with van der Waals surface area (Å²) in [6.45, 7) is 4.74. The molecule has 112 valence electrons. The third-order valence-corrected chi connectivity index (χ3v) is 6.42. The van der Waals surface area contributed by atoms with Crippen molar-refractivity contribution < 1.29 is 4.74 Å². The number of hydrogen-bond acceptors (Lipinski definition) is 1. The average molecular weight is 425 g/mol. The first-order valence-corrected chi connectivity index (χ1v) is 9.12. The van der Waals surface area contributed by atoms with Gasteiger partial charge in [-0.25, -0.2) is 0 Å². The number of ether oxygens (including phenoxy) is 1. The van der Waals surface area contributed by atoms with Crippen molar-refractivity contribution in [3.63, 3.8) is 0 Å². The smallest absolute Gasteiger partial charge is 0.137 e. The maximum Gasteiger partial charge on any atom is 0.137 e. The van der Waals surface area contributed by atoms with Crippen molar-refractivity contribution in [2.45, 2.75) is 44.4 Å². The Labute approximate surface area is 143 Å². The van der Waals surface area contributed by atoms with Gasteiger partial charge in [0.2, 0.25) is 0 Å². The van der Waals surface area contributed by atoms with Gasteiger partial charge in [0.25, 0.3) is 0 Å². The molecule has 1 nitrogen and oxygen atoms in total. The highest BCUT2D eigenvalue weighted by Crippen LogP contribution is 2.52. The van der Waals surface area contributed by atoms with Crippen LogP contribution in [-0.4, -0.2) is 7.11 Å². The van der Waals surface area contributed by atoms with Crippen LogP contribution in [0.4, 0.5) is 0 Å². The Morgan fingerprint density at radius 3 is 2.65 bits per heavy atom. The van der Waals surface area contributed by atoms with E-state index in [0.717, 1.165) is 20.8 Å². The summed E-state index contributed by atoms with van der Waals surface area (Å²) in [4.78, 5) is 0.266. The standard InChI is InChI=1S/C16H21Br2ClO/c1-16(2)7-5-4-6-12(16)14(18)11-8-10(19)9-13(17)15(11)20-3/h8-9,12,14H,4-7H2,1-3H3. The second kappa shape index (κ2) is 6.58. The molecule has 2 rings (SSSR count). The third-order valence-electron chi connectivity index (χ3n) is 4.48. The van der Waals surface area contributed by atoms with Gasteiger partial charge in [-0.1, -0.05) is 54.2 Å². The van der Waals surface area contributed by atoms with Gasteiger partial charge < -0.3 is 4.74 Å². The lowest BCUT2D eigenvalue weighted by molar-refractivity contribution is 0.136. The van der Waals surface area contributed by atoms with Crippen molar-refractivity contribution >= 4 is 43.5 Å². The van der Waals surface area contributed by atoms with E-state index in [0.29, 0.717) is 11.3 Å². The molecule has 0 bridgehead atoms. The van der Waals surface area contributed by atoms with E-state index in [9.17, 15) is 0 Å². The minimum Gasteiger partial charge on any atom is -0.495 e. The zero-order chi connectivity index (χ0) is 14.9. The molecule has 0 N–H and O–H groups in total. The van der Waals surface area contributed by atoms with E-state index in [2.05, 4.69) is 45.7 Å². The molecule has 1 aromatic rings. The van der Waals surface area contributed by atoms with Gasteiger partial charge in [-0.3, -0.25) is 0 Å². The lowest BCUT2D eigenvalue weighted by Gasteiger charge is -2.42. The minimum absolute atomic E-state index is 0.266. The number of halogens is 3. The number of alkyl halides is 1. The van der Waals surface area contributed by atoms with E-state index in [1.54, 1.807) is 7.11 Å². The van der Waals surface area contributed by atoms with E-state index in [-0.39, 0.29) is 4.83 Å². The van der Waals surface area contributed by atoms with Crippen LogP contribution in [-0.2, 0) is 0 Å². The summed E-state index contributed by atoms with van der Waals surface area (Å²) in [5.74, 6) is 1.48. The molecule has 0 aromatic heterocycles. The van der Waals surface area contributed by atoms with Gasteiger partial charge in [-0.15, -0.1) is 0 Å². The molecule has 4 heteroatoms. The molecule has 0 amide bonds. The number of hydrogen-bond donors (Lipinski definition) is 0. The summed E-state index contributed by atoms with van der Waals surface area (Å²) in [5.41, 5.74) is 1.48. The highest BCUT2D eigenvalue weighted by molar-refractivity contribution is 9.10. The fraction of sp³-hybridized carbons (Fsp3) is 0.625. The van der Waals surface area contributed by atoms with Crippen LogP contribution in [0.3, 0.4) is 0 Å². The average Bonchev–Trinajstić information content (AvgIpc) is 2.36. The molecule has 0 spiro atoms. The SMILES string of the molecule is COc1c(Br)cc(Cl)cc1C(Br)C1CCCCC1(C)C. The Hall–Kier alpha value is 0.270. The van der Waals surface area contributed by atoms with Gasteiger partial charge >= 0.3 is 0 Å². The van der Waals surface area contributed by atoms with E-state index < -0.39 is 0 Å². The molecule has 1 saturated carbocycles. The summed E-state index contributed by atoms with van der Waals surface area (Å²) in [5, 5.41) is 0.741. The van der Waals surface area contributed by atoms with Crippen molar-refractivity contribution in [2.75, 3.05) is 7.11 Å². The van der Waals surface area contributed by atoms with Crippen LogP contribution >= 0.6 is 43.5 Å². The third kappa shape index (κ3) is 3.36. The van der Waals surface area contributed by atoms with Crippen molar-refractivity contribution in [3.8, 4) is 5.75 Å². The Kier molecular flexibility index (Phi) is 5.47. The highest BCUT2D eigenvalue weighted by atomic mass is 79.9. The molecular weight excluding hydrogens is 403 g/mol. The zero-order valence-corrected chi connectivity index (χ0v) is 16.1. The lowest BCUT2D eigenvalue weighted by Crippen LogP contribution is -2.30. The van der Waals surface area contributed by atoms with Crippen LogP contribution < -0.4 is 4.74 Å². The monoisotopic (exact) mass is 422 g/mol. The van der Waals surface area contributed by atoms with E-state index in [1.807, 2.05) is 12.1 Å². The highest BCUT2D eigenvalue weighted by Gasteiger charge is 2.38. The zero-order valence-electron chi connectivity index (χ0n) is 12.2. The molecule has 1 aliphatic carbocycles. The second-order valence-electron chi connectivity index (χ2n) is 6.25. The van der Waals surface area contributed by atoms with Gasteiger partial charge in [0, 0.05) is 15.4 Å². The first kappa shape index (κ1) is 16.6. The van der Waals surface area contributed by atoms with Gasteiger partial charge in [-0.05, 0) is 52.2 Å². The van der Waals surface area contributed by atoms with Crippen LogP contribution in [0, 0.1) is 11.3 Å². The van der Waals surface area contributed by atoms with Crippen molar-refractivity contribution in [2.24, 2.45) is 11.3 Å². The van der Waals surface area contributed by atoms with Gasteiger partial charge in [-0.2, -0.15) is 0 Å². The van der Waals surface area contributed by atoms with Crippen molar-refractivity contribution in [1.82, 2.24) is 0 Å². The second-order valence-corrected chi connectivity index (χ2v) is 8.53. The predicted molar refractivity (Wildman–Crippen MR) is 93.1 cm³/mol. The number of methoxy groups -OCH3 is 1. The molecule has 0 saturated heterocycles. The van der Waals surface area contributed by atoms with Crippen LogP contribution in [0.5, 0.6) is 5.75 Å². The normalized spacial score (nSPS) is 23.4. The fourth-order valence-electron chi connectivity index (χ4n) is 3.28. The molecule has 0 aliphatic heterocycles. The minimum atomic E-state index is 0.266. The quantitative estimate of drug-likeness (QED) is 0.487. The molecule has 1 fully saturated rings. The maximum absolute atomic E-state index is 6.23. The maximum atomic E-state index is 6.23. The first-order chi connectivity index (χ1) is 9.36. The fourth-order valence-corrected chi connectivity index (χ4v) is 5.60. The van der Waals surface area contributed by atoms with Crippen molar-refractivity contribution in [3.05, 3.63) is 27.2 Å². The number of rotatable bonds is 3. The molecular formula is C16H21Br2ClO. The summed E-state index contributed by atoms with van der Waals surface area (Å²) in [7, 11) is 1.71. The topological polar surface area (TPSA) is 9.23 Å². The van der Waals surface area contributed by atoms with E-state index in [1.165, 1.54) is 25.7 Å².